The summed E-state index contributed by atoms with van der Waals surface area (Å²) in [5.41, 5.74) is 2.37. The fourth-order valence-electron chi connectivity index (χ4n) is 4.93. The predicted octanol–water partition coefficient (Wildman–Crippen LogP) is 3.55. The predicted molar refractivity (Wildman–Crippen MR) is 152 cm³/mol. The van der Waals surface area contributed by atoms with E-state index in [9.17, 15) is 9.59 Å². The van der Waals surface area contributed by atoms with Crippen molar-refractivity contribution in [2.75, 3.05) is 57.3 Å². The lowest BCUT2D eigenvalue weighted by atomic mass is 10.2. The third-order valence-corrected chi connectivity index (χ3v) is 8.15. The minimum absolute atomic E-state index is 0.0437. The Balaban J connectivity index is 1.16. The van der Waals surface area contributed by atoms with Gasteiger partial charge in [-0.05, 0) is 24.1 Å². The molecule has 0 saturated carbocycles. The van der Waals surface area contributed by atoms with Crippen LogP contribution >= 0.6 is 11.8 Å². The van der Waals surface area contributed by atoms with E-state index < -0.39 is 0 Å². The Kier molecular flexibility index (Phi) is 8.83. The van der Waals surface area contributed by atoms with Gasteiger partial charge in [0.15, 0.2) is 10.9 Å². The third kappa shape index (κ3) is 6.99. The molecule has 0 atom stereocenters. The van der Waals surface area contributed by atoms with Crippen molar-refractivity contribution in [3.63, 3.8) is 0 Å². The molecule has 10 heteroatoms. The first-order valence-electron chi connectivity index (χ1n) is 13.6. The lowest BCUT2D eigenvalue weighted by molar-refractivity contribution is -0.130. The normalized spacial score (nSPS) is 16.5. The van der Waals surface area contributed by atoms with Gasteiger partial charge < -0.3 is 19.1 Å². The third-order valence-electron chi connectivity index (χ3n) is 7.28. The summed E-state index contributed by atoms with van der Waals surface area (Å²) in [5, 5.41) is 0.723. The molecule has 0 radical (unpaired) electrons. The number of thioether (sulfide) groups is 1. The second kappa shape index (κ2) is 12.7. The number of anilines is 1. The largest absolute Gasteiger partial charge is 0.455 e. The van der Waals surface area contributed by atoms with Crippen LogP contribution in [-0.4, -0.2) is 88.8 Å². The lowest BCUT2D eigenvalue weighted by Crippen LogP contribution is -2.50. The first kappa shape index (κ1) is 27.2. The van der Waals surface area contributed by atoms with Crippen LogP contribution in [0, 0.1) is 0 Å². The quantitative estimate of drug-likeness (QED) is 0.312. The maximum Gasteiger partial charge on any atom is 0.289 e. The number of aryl methyl sites for hydroxylation is 1. The molecular weight excluding hydrogens is 512 g/mol. The number of piperazine rings is 2. The zero-order valence-corrected chi connectivity index (χ0v) is 23.5. The Morgan fingerprint density at radius 3 is 2.31 bits per heavy atom. The van der Waals surface area contributed by atoms with Crippen LogP contribution in [0.25, 0.3) is 0 Å². The summed E-state index contributed by atoms with van der Waals surface area (Å²) in [5.74, 6) is 2.48. The maximum absolute atomic E-state index is 12.9. The summed E-state index contributed by atoms with van der Waals surface area (Å²) in [6.07, 6.45) is 0.841. The highest BCUT2D eigenvalue weighted by atomic mass is 32.2. The van der Waals surface area contributed by atoms with Crippen LogP contribution in [0.4, 0.5) is 5.82 Å². The Hall–Kier alpha value is -3.37. The van der Waals surface area contributed by atoms with Crippen LogP contribution < -0.4 is 4.90 Å². The van der Waals surface area contributed by atoms with E-state index in [1.807, 2.05) is 6.07 Å². The van der Waals surface area contributed by atoms with E-state index in [-0.39, 0.29) is 11.8 Å². The zero-order chi connectivity index (χ0) is 27.2. The van der Waals surface area contributed by atoms with Crippen LogP contribution in [0.3, 0.4) is 0 Å². The highest BCUT2D eigenvalue weighted by molar-refractivity contribution is 7.98. The molecule has 0 unspecified atom stereocenters. The van der Waals surface area contributed by atoms with Crippen molar-refractivity contribution in [2.45, 2.75) is 37.7 Å². The van der Waals surface area contributed by atoms with Crippen LogP contribution in [-0.2, 0) is 23.5 Å². The molecule has 2 amide bonds. The van der Waals surface area contributed by atoms with E-state index in [1.165, 1.54) is 17.3 Å². The standard InChI is InChI=1S/C29H36N6O3S/c1-3-24-19-27(34-13-11-32(12-14-34)20-23-7-5-4-6-8-23)31-29(30-24)39-21-25-9-10-26(38-25)28(37)35-17-15-33(16-18-35)22(2)36/h4-10,19H,3,11-18,20-21H2,1-2H3. The highest BCUT2D eigenvalue weighted by Gasteiger charge is 2.25. The maximum atomic E-state index is 12.9. The molecule has 2 saturated heterocycles. The summed E-state index contributed by atoms with van der Waals surface area (Å²) in [6, 6.07) is 16.3. The van der Waals surface area contributed by atoms with Gasteiger partial charge in [0.1, 0.15) is 11.6 Å². The molecule has 0 aliphatic carbocycles. The number of hydrogen-bond donors (Lipinski definition) is 0. The number of rotatable bonds is 8. The summed E-state index contributed by atoms with van der Waals surface area (Å²) < 4.78 is 5.89. The summed E-state index contributed by atoms with van der Waals surface area (Å²) in [4.78, 5) is 42.4. The molecule has 206 valence electrons. The SMILES string of the molecule is CCc1cc(N2CCN(Cc3ccccc3)CC2)nc(SCc2ccc(C(=O)N3CCN(C(C)=O)CC3)o2)n1. The number of nitrogens with zero attached hydrogens (tertiary/aromatic N) is 6. The molecule has 5 rings (SSSR count). The number of hydrogen-bond acceptors (Lipinski definition) is 8. The van der Waals surface area contributed by atoms with E-state index in [1.54, 1.807) is 22.8 Å². The van der Waals surface area contributed by atoms with Crippen molar-refractivity contribution in [1.29, 1.82) is 0 Å². The van der Waals surface area contributed by atoms with Gasteiger partial charge >= 0.3 is 0 Å². The van der Waals surface area contributed by atoms with E-state index >= 15 is 0 Å². The number of carbonyl (C=O) groups excluding carboxylic acids is 2. The first-order chi connectivity index (χ1) is 19.0. The molecular formula is C29H36N6O3S. The van der Waals surface area contributed by atoms with Crippen molar-refractivity contribution < 1.29 is 14.0 Å². The Bertz CT molecular complexity index is 1270. The molecule has 4 heterocycles. The fraction of sp³-hybridized carbons (Fsp3) is 0.448. The summed E-state index contributed by atoms with van der Waals surface area (Å²) in [7, 11) is 0. The van der Waals surface area contributed by atoms with E-state index in [0.29, 0.717) is 43.5 Å². The van der Waals surface area contributed by atoms with Crippen molar-refractivity contribution >= 4 is 29.4 Å². The molecule has 2 aromatic heterocycles. The molecule has 2 aliphatic heterocycles. The summed E-state index contributed by atoms with van der Waals surface area (Å²) >= 11 is 1.53. The molecule has 0 N–H and O–H groups in total. The number of benzene rings is 1. The topological polar surface area (TPSA) is 86.0 Å². The van der Waals surface area contributed by atoms with Gasteiger partial charge in [0.2, 0.25) is 5.91 Å². The average molecular weight is 549 g/mol. The zero-order valence-electron chi connectivity index (χ0n) is 22.7. The molecule has 2 fully saturated rings. The van der Waals surface area contributed by atoms with Gasteiger partial charge in [-0.3, -0.25) is 14.5 Å². The molecule has 0 bridgehead atoms. The van der Waals surface area contributed by atoms with Gasteiger partial charge in [0, 0.05) is 77.6 Å². The molecule has 9 nitrogen and oxygen atoms in total. The van der Waals surface area contributed by atoms with E-state index in [0.717, 1.165) is 55.8 Å². The van der Waals surface area contributed by atoms with Crippen molar-refractivity contribution in [3.8, 4) is 0 Å². The van der Waals surface area contributed by atoms with Crippen LogP contribution in [0.2, 0.25) is 0 Å². The summed E-state index contributed by atoms with van der Waals surface area (Å²) in [6.45, 7) is 10.6. The van der Waals surface area contributed by atoms with Gasteiger partial charge in [-0.25, -0.2) is 9.97 Å². The van der Waals surface area contributed by atoms with Crippen LogP contribution in [0.5, 0.6) is 0 Å². The van der Waals surface area contributed by atoms with Gasteiger partial charge in [-0.2, -0.15) is 0 Å². The average Bonchev–Trinajstić information content (AvgIpc) is 3.45. The minimum Gasteiger partial charge on any atom is -0.455 e. The smallest absolute Gasteiger partial charge is 0.289 e. The Labute approximate surface area is 234 Å². The number of aromatic nitrogens is 2. The van der Waals surface area contributed by atoms with Gasteiger partial charge in [-0.1, -0.05) is 49.0 Å². The van der Waals surface area contributed by atoms with Crippen molar-refractivity contribution in [2.24, 2.45) is 0 Å². The Morgan fingerprint density at radius 2 is 1.62 bits per heavy atom. The second-order valence-electron chi connectivity index (χ2n) is 9.96. The van der Waals surface area contributed by atoms with Gasteiger partial charge in [0.25, 0.3) is 5.91 Å². The molecule has 3 aromatic rings. The van der Waals surface area contributed by atoms with Crippen molar-refractivity contribution in [3.05, 3.63) is 71.3 Å². The van der Waals surface area contributed by atoms with Crippen LogP contribution in [0.15, 0.2) is 58.1 Å². The van der Waals surface area contributed by atoms with Crippen LogP contribution in [0.1, 0.15) is 41.4 Å². The second-order valence-corrected chi connectivity index (χ2v) is 10.9. The van der Waals surface area contributed by atoms with Crippen molar-refractivity contribution in [1.82, 2.24) is 24.7 Å². The monoisotopic (exact) mass is 548 g/mol. The molecule has 1 aromatic carbocycles. The van der Waals surface area contributed by atoms with E-state index in [4.69, 9.17) is 14.4 Å². The minimum atomic E-state index is -0.132. The molecule has 0 spiro atoms. The van der Waals surface area contributed by atoms with Gasteiger partial charge in [0.05, 0.1) is 5.75 Å². The number of amides is 2. The highest BCUT2D eigenvalue weighted by Crippen LogP contribution is 2.25. The molecule has 2 aliphatic rings. The molecule has 39 heavy (non-hydrogen) atoms. The lowest BCUT2D eigenvalue weighted by Gasteiger charge is -2.35. The Morgan fingerprint density at radius 1 is 0.897 bits per heavy atom. The number of carbonyl (C=O) groups is 2. The number of furan rings is 1. The van der Waals surface area contributed by atoms with Gasteiger partial charge in [-0.15, -0.1) is 0 Å². The fourth-order valence-corrected chi connectivity index (χ4v) is 5.70. The van der Waals surface area contributed by atoms with E-state index in [2.05, 4.69) is 53.1 Å². The first-order valence-corrected chi connectivity index (χ1v) is 14.6.